The molecule has 7 heteroatoms. The minimum atomic E-state index is -0.316. The van der Waals surface area contributed by atoms with Gasteiger partial charge in [-0.2, -0.15) is 0 Å². The van der Waals surface area contributed by atoms with E-state index in [1.165, 1.54) is 15.8 Å². The van der Waals surface area contributed by atoms with Gasteiger partial charge < -0.3 is 9.64 Å². The number of amides is 1. The molecule has 2 aromatic carbocycles. The Bertz CT molecular complexity index is 1200. The van der Waals surface area contributed by atoms with Gasteiger partial charge in [-0.05, 0) is 67.9 Å². The second-order valence-electron chi connectivity index (χ2n) is 9.61. The van der Waals surface area contributed by atoms with E-state index >= 15 is 0 Å². The van der Waals surface area contributed by atoms with Crippen molar-refractivity contribution in [3.8, 4) is 5.75 Å². The number of hydrogen-bond donors (Lipinski definition) is 0. The molecule has 0 spiro atoms. The number of anilines is 1. The van der Waals surface area contributed by atoms with E-state index in [-0.39, 0.29) is 11.8 Å². The zero-order chi connectivity index (χ0) is 24.2. The van der Waals surface area contributed by atoms with E-state index in [9.17, 15) is 9.70 Å². The third-order valence-electron chi connectivity index (χ3n) is 7.25. The number of fused-ring (bicyclic) bond motifs is 2. The van der Waals surface area contributed by atoms with Crippen LogP contribution in [0.4, 0.5) is 11.4 Å². The number of benzene rings is 2. The molecule has 3 heterocycles. The molecule has 1 fully saturated rings. The number of unbranched alkanes of at least 4 members (excludes halogenated alkanes) is 1. The molecule has 1 aromatic heterocycles. The first-order valence-corrected chi connectivity index (χ1v) is 13.7. The van der Waals surface area contributed by atoms with Crippen LogP contribution < -0.4 is 9.64 Å². The fraction of sp³-hybridized carbons (Fsp3) is 0.464. The normalized spacial score (nSPS) is 18.8. The number of ether oxygens (including phenoxy) is 1. The predicted octanol–water partition coefficient (Wildman–Crippen LogP) is 5.79. The molecule has 6 nitrogen and oxygen atoms in total. The van der Waals surface area contributed by atoms with Crippen LogP contribution in [0.3, 0.4) is 0 Å². The van der Waals surface area contributed by atoms with E-state index in [0.717, 1.165) is 64.0 Å². The van der Waals surface area contributed by atoms with Gasteiger partial charge >= 0.3 is 5.91 Å². The first-order chi connectivity index (χ1) is 17.1. The Kier molecular flexibility index (Phi) is 7.44. The lowest BCUT2D eigenvalue weighted by Gasteiger charge is -2.36. The van der Waals surface area contributed by atoms with Gasteiger partial charge in [0.25, 0.3) is 5.69 Å². The summed E-state index contributed by atoms with van der Waals surface area (Å²) in [5.74, 6) is 0.161. The first-order valence-electron chi connectivity index (χ1n) is 12.8. The third kappa shape index (κ3) is 5.26. The maximum absolute atomic E-state index is 12.5. The van der Waals surface area contributed by atoms with Crippen molar-refractivity contribution in [3.05, 3.63) is 58.3 Å². The highest BCUT2D eigenvalue weighted by molar-refractivity contribution is 7.17. The molecule has 0 radical (unpaired) electrons. The zero-order valence-electron chi connectivity index (χ0n) is 20.4. The van der Waals surface area contributed by atoms with Crippen LogP contribution in [0, 0.1) is 10.8 Å². The molecule has 3 aromatic rings. The molecule has 1 saturated heterocycles. The van der Waals surface area contributed by atoms with Gasteiger partial charge in [0.1, 0.15) is 10.5 Å². The summed E-state index contributed by atoms with van der Waals surface area (Å²) in [5, 5.41) is 3.55. The Hall–Kier alpha value is -2.77. The maximum atomic E-state index is 12.5. The lowest BCUT2D eigenvalue weighted by molar-refractivity contribution is -0.396. The molecule has 35 heavy (non-hydrogen) atoms. The number of carbonyl (C=O) groups excluding carboxylic acids is 1. The molecule has 2 aliphatic heterocycles. The zero-order valence-corrected chi connectivity index (χ0v) is 21.3. The summed E-state index contributed by atoms with van der Waals surface area (Å²) in [6.45, 7) is 8.02. The lowest BCUT2D eigenvalue weighted by Crippen LogP contribution is -2.46. The Morgan fingerprint density at radius 3 is 2.77 bits per heavy atom. The molecule has 0 bridgehead atoms. The SMILES string of the molecule is CCCC1Cc2ccc(OCCCCN3CCN(c4cccc5sccc45)CC3)cc2[N+](=O)C1=O. The van der Waals surface area contributed by atoms with Crippen LogP contribution in [0.15, 0.2) is 47.8 Å². The van der Waals surface area contributed by atoms with E-state index in [1.54, 1.807) is 17.4 Å². The van der Waals surface area contributed by atoms with Crippen molar-refractivity contribution in [2.24, 2.45) is 5.92 Å². The monoisotopic (exact) mass is 492 g/mol. The fourth-order valence-electron chi connectivity index (χ4n) is 5.30. The standard InChI is InChI=1S/C28H34N3O3S/c1-2-6-22-19-21-9-10-23(20-26(21)31(33)28(22)32)34-17-4-3-12-29-13-15-30(16-14-29)25-7-5-8-27-24(25)11-18-35-27/h5,7-11,18,20,22H,2-4,6,12-17,19H2,1H3/q+1. The average molecular weight is 493 g/mol. The molecule has 2 aliphatic rings. The van der Waals surface area contributed by atoms with E-state index in [1.807, 2.05) is 19.1 Å². The van der Waals surface area contributed by atoms with Gasteiger partial charge in [-0.3, -0.25) is 4.90 Å². The second-order valence-corrected chi connectivity index (χ2v) is 10.6. The van der Waals surface area contributed by atoms with E-state index < -0.39 is 0 Å². The second kappa shape index (κ2) is 10.9. The molecule has 1 amide bonds. The first kappa shape index (κ1) is 23.9. The van der Waals surface area contributed by atoms with Crippen molar-refractivity contribution in [1.82, 2.24) is 4.90 Å². The molecule has 0 N–H and O–H groups in total. The van der Waals surface area contributed by atoms with Gasteiger partial charge in [-0.15, -0.1) is 11.3 Å². The van der Waals surface area contributed by atoms with Crippen molar-refractivity contribution in [2.45, 2.75) is 39.0 Å². The third-order valence-corrected chi connectivity index (χ3v) is 8.13. The minimum Gasteiger partial charge on any atom is -0.493 e. The molecule has 0 aliphatic carbocycles. The largest absolute Gasteiger partial charge is 0.493 e. The molecule has 1 unspecified atom stereocenters. The van der Waals surface area contributed by atoms with E-state index in [2.05, 4.69) is 39.4 Å². The van der Waals surface area contributed by atoms with Crippen molar-refractivity contribution in [2.75, 3.05) is 44.2 Å². The van der Waals surface area contributed by atoms with Gasteiger partial charge in [-0.25, -0.2) is 4.79 Å². The molecular formula is C28H34N3O3S+. The number of nitrogens with zero attached hydrogens (tertiary/aromatic N) is 3. The van der Waals surface area contributed by atoms with Crippen LogP contribution in [0.5, 0.6) is 5.75 Å². The number of rotatable bonds is 9. The number of hydrogen-bond acceptors (Lipinski definition) is 6. The molecular weight excluding hydrogens is 458 g/mol. The minimum absolute atomic E-state index is 0.192. The van der Waals surface area contributed by atoms with Crippen LogP contribution in [-0.4, -0.2) is 54.9 Å². The van der Waals surface area contributed by atoms with Gasteiger partial charge in [0.15, 0.2) is 0 Å². The summed E-state index contributed by atoms with van der Waals surface area (Å²) in [6, 6.07) is 14.5. The highest BCUT2D eigenvalue weighted by Gasteiger charge is 2.41. The number of thiophene rings is 1. The highest BCUT2D eigenvalue weighted by atomic mass is 32.1. The van der Waals surface area contributed by atoms with E-state index in [0.29, 0.717) is 29.2 Å². The van der Waals surface area contributed by atoms with Crippen LogP contribution >= 0.6 is 11.3 Å². The van der Waals surface area contributed by atoms with Crippen molar-refractivity contribution in [3.63, 3.8) is 0 Å². The van der Waals surface area contributed by atoms with Crippen LogP contribution in [0.1, 0.15) is 38.2 Å². The van der Waals surface area contributed by atoms with Crippen LogP contribution in [-0.2, 0) is 11.2 Å². The number of piperazine rings is 1. The summed E-state index contributed by atoms with van der Waals surface area (Å²) in [5.41, 5.74) is 2.76. The lowest BCUT2D eigenvalue weighted by atomic mass is 9.90. The highest BCUT2D eigenvalue weighted by Crippen LogP contribution is 2.34. The number of carbonyl (C=O) groups is 1. The fourth-order valence-corrected chi connectivity index (χ4v) is 6.11. The smallest absolute Gasteiger partial charge is 0.443 e. The number of nitroso groups, excluding NO2 is 1. The quantitative estimate of drug-likeness (QED) is 0.279. The molecule has 0 saturated carbocycles. The molecule has 184 valence electrons. The molecule has 1 atom stereocenters. The summed E-state index contributed by atoms with van der Waals surface area (Å²) in [7, 11) is 0. The van der Waals surface area contributed by atoms with Crippen LogP contribution in [0.25, 0.3) is 10.1 Å². The van der Waals surface area contributed by atoms with Crippen molar-refractivity contribution >= 4 is 38.7 Å². The summed E-state index contributed by atoms with van der Waals surface area (Å²) in [4.78, 5) is 29.9. The maximum Gasteiger partial charge on any atom is 0.443 e. The van der Waals surface area contributed by atoms with Gasteiger partial charge in [0.05, 0.1) is 18.6 Å². The van der Waals surface area contributed by atoms with Crippen molar-refractivity contribution in [1.29, 1.82) is 0 Å². The van der Waals surface area contributed by atoms with Crippen LogP contribution in [0.2, 0.25) is 0 Å². The Balaban J connectivity index is 1.05. The Labute approximate surface area is 211 Å². The van der Waals surface area contributed by atoms with E-state index in [4.69, 9.17) is 4.74 Å². The summed E-state index contributed by atoms with van der Waals surface area (Å²) in [6.07, 6.45) is 4.36. The Morgan fingerprint density at radius 1 is 1.09 bits per heavy atom. The average Bonchev–Trinajstić information content (AvgIpc) is 3.37. The topological polar surface area (TPSA) is 52.9 Å². The summed E-state index contributed by atoms with van der Waals surface area (Å²) >= 11 is 1.81. The van der Waals surface area contributed by atoms with Crippen molar-refractivity contribution < 1.29 is 14.3 Å². The molecule has 5 rings (SSSR count). The summed E-state index contributed by atoms with van der Waals surface area (Å²) < 4.78 is 7.86. The van der Waals surface area contributed by atoms with Gasteiger partial charge in [0, 0.05) is 52.4 Å². The Morgan fingerprint density at radius 2 is 1.94 bits per heavy atom. The predicted molar refractivity (Wildman–Crippen MR) is 142 cm³/mol. The van der Waals surface area contributed by atoms with Gasteiger partial charge in [-0.1, -0.05) is 19.4 Å². The van der Waals surface area contributed by atoms with Gasteiger partial charge in [0.2, 0.25) is 0 Å².